The van der Waals surface area contributed by atoms with E-state index in [-0.39, 0.29) is 10.7 Å². The molecule has 0 heterocycles. The maximum Gasteiger partial charge on any atom is 0.273 e. The van der Waals surface area contributed by atoms with Crippen LogP contribution >= 0.6 is 11.6 Å². The van der Waals surface area contributed by atoms with Gasteiger partial charge in [0.25, 0.3) is 5.69 Å². The number of nitro benzene ring substituents is 1. The number of benzene rings is 2. The molecule has 0 aliphatic rings. The molecule has 0 bridgehead atoms. The lowest BCUT2D eigenvalue weighted by molar-refractivity contribution is -0.384. The zero-order chi connectivity index (χ0) is 14.7. The SMILES string of the molecule is CNc1cc(Nc2cc(F)cc(Cl)c2)cc([N+](=O)[O-])c1. The molecule has 2 aromatic rings. The first-order valence-electron chi connectivity index (χ1n) is 5.68. The van der Waals surface area contributed by atoms with Crippen molar-refractivity contribution in [3.05, 3.63) is 57.4 Å². The predicted molar refractivity (Wildman–Crippen MR) is 77.3 cm³/mol. The van der Waals surface area contributed by atoms with E-state index in [1.165, 1.54) is 30.3 Å². The van der Waals surface area contributed by atoms with Gasteiger partial charge in [-0.2, -0.15) is 0 Å². The van der Waals surface area contributed by atoms with Crippen LogP contribution in [0.3, 0.4) is 0 Å². The highest BCUT2D eigenvalue weighted by atomic mass is 35.5. The molecule has 0 radical (unpaired) electrons. The molecule has 20 heavy (non-hydrogen) atoms. The van der Waals surface area contributed by atoms with Crippen LogP contribution in [0.2, 0.25) is 5.02 Å². The third-order valence-electron chi connectivity index (χ3n) is 2.57. The van der Waals surface area contributed by atoms with E-state index in [2.05, 4.69) is 10.6 Å². The van der Waals surface area contributed by atoms with Gasteiger partial charge < -0.3 is 10.6 Å². The number of nitrogens with one attached hydrogen (secondary N) is 2. The van der Waals surface area contributed by atoms with Crippen LogP contribution in [0, 0.1) is 15.9 Å². The quantitative estimate of drug-likeness (QED) is 0.656. The summed E-state index contributed by atoms with van der Waals surface area (Å²) in [5, 5.41) is 16.8. The summed E-state index contributed by atoms with van der Waals surface area (Å²) in [6, 6.07) is 8.40. The Labute approximate surface area is 119 Å². The van der Waals surface area contributed by atoms with Gasteiger partial charge in [-0.1, -0.05) is 11.6 Å². The second kappa shape index (κ2) is 5.75. The molecule has 2 aromatic carbocycles. The molecule has 0 saturated heterocycles. The van der Waals surface area contributed by atoms with Crippen LogP contribution in [0.5, 0.6) is 0 Å². The Morgan fingerprint density at radius 3 is 2.35 bits per heavy atom. The molecule has 0 aliphatic carbocycles. The summed E-state index contributed by atoms with van der Waals surface area (Å²) in [7, 11) is 1.65. The van der Waals surface area contributed by atoms with Crippen molar-refractivity contribution in [1.82, 2.24) is 0 Å². The molecule has 0 amide bonds. The first kappa shape index (κ1) is 14.1. The van der Waals surface area contributed by atoms with Gasteiger partial charge in [0.1, 0.15) is 5.82 Å². The van der Waals surface area contributed by atoms with E-state index in [0.29, 0.717) is 17.1 Å². The molecule has 0 saturated carbocycles. The van der Waals surface area contributed by atoms with Crippen LogP contribution in [0.1, 0.15) is 0 Å². The van der Waals surface area contributed by atoms with E-state index in [1.54, 1.807) is 13.1 Å². The highest BCUT2D eigenvalue weighted by Gasteiger charge is 2.10. The Morgan fingerprint density at radius 1 is 1.10 bits per heavy atom. The Kier molecular flexibility index (Phi) is 4.05. The van der Waals surface area contributed by atoms with Gasteiger partial charge in [-0.25, -0.2) is 4.39 Å². The molecule has 0 aromatic heterocycles. The predicted octanol–water partition coefficient (Wildman–Crippen LogP) is 4.17. The van der Waals surface area contributed by atoms with Gasteiger partial charge >= 0.3 is 0 Å². The molecule has 0 fully saturated rings. The van der Waals surface area contributed by atoms with Gasteiger partial charge in [0.05, 0.1) is 4.92 Å². The van der Waals surface area contributed by atoms with Gasteiger partial charge in [-0.15, -0.1) is 0 Å². The topological polar surface area (TPSA) is 67.2 Å². The highest BCUT2D eigenvalue weighted by Crippen LogP contribution is 2.28. The van der Waals surface area contributed by atoms with Gasteiger partial charge in [0.15, 0.2) is 0 Å². The number of nitrogens with zero attached hydrogens (tertiary/aromatic N) is 1. The molecule has 2 N–H and O–H groups in total. The zero-order valence-corrected chi connectivity index (χ0v) is 11.2. The van der Waals surface area contributed by atoms with Crippen LogP contribution in [-0.4, -0.2) is 12.0 Å². The Balaban J connectivity index is 2.37. The lowest BCUT2D eigenvalue weighted by Gasteiger charge is -2.09. The van der Waals surface area contributed by atoms with E-state index in [1.807, 2.05) is 0 Å². The van der Waals surface area contributed by atoms with Crippen molar-refractivity contribution in [2.45, 2.75) is 0 Å². The Hall–Kier alpha value is -2.34. The lowest BCUT2D eigenvalue weighted by Crippen LogP contribution is -1.97. The number of rotatable bonds is 4. The summed E-state index contributed by atoms with van der Waals surface area (Å²) >= 11 is 5.76. The van der Waals surface area contributed by atoms with Gasteiger partial charge in [-0.05, 0) is 24.3 Å². The van der Waals surface area contributed by atoms with Gasteiger partial charge in [0.2, 0.25) is 0 Å². The number of hydrogen-bond donors (Lipinski definition) is 2. The molecule has 0 spiro atoms. The zero-order valence-electron chi connectivity index (χ0n) is 10.5. The summed E-state index contributed by atoms with van der Waals surface area (Å²) < 4.78 is 13.2. The molecular weight excluding hydrogens is 285 g/mol. The smallest absolute Gasteiger partial charge is 0.273 e. The Bertz CT molecular complexity index is 644. The van der Waals surface area contributed by atoms with Crippen molar-refractivity contribution in [3.8, 4) is 0 Å². The molecule has 0 aliphatic heterocycles. The number of nitro groups is 1. The van der Waals surface area contributed by atoms with E-state index in [4.69, 9.17) is 11.6 Å². The standard InChI is InChI=1S/C13H11ClFN3O2/c1-16-10-5-12(7-13(6-10)18(19)20)17-11-3-8(14)2-9(15)4-11/h2-7,16-17H,1H3. The van der Waals surface area contributed by atoms with Crippen LogP contribution in [0.4, 0.5) is 27.1 Å². The molecule has 7 heteroatoms. The largest absolute Gasteiger partial charge is 0.388 e. The first-order valence-corrected chi connectivity index (χ1v) is 6.06. The van der Waals surface area contributed by atoms with Crippen molar-refractivity contribution >= 4 is 34.4 Å². The molecular formula is C13H11ClFN3O2. The Morgan fingerprint density at radius 2 is 1.75 bits per heavy atom. The van der Waals surface area contributed by atoms with Crippen LogP contribution in [-0.2, 0) is 0 Å². The summed E-state index contributed by atoms with van der Waals surface area (Å²) in [5.74, 6) is -0.487. The fraction of sp³-hybridized carbons (Fsp3) is 0.0769. The van der Waals surface area contributed by atoms with Gasteiger partial charge in [0, 0.05) is 41.3 Å². The maximum atomic E-state index is 13.2. The van der Waals surface area contributed by atoms with E-state index >= 15 is 0 Å². The van der Waals surface area contributed by atoms with Crippen LogP contribution in [0.25, 0.3) is 0 Å². The van der Waals surface area contributed by atoms with E-state index < -0.39 is 10.7 Å². The lowest BCUT2D eigenvalue weighted by atomic mass is 10.2. The van der Waals surface area contributed by atoms with Crippen molar-refractivity contribution in [1.29, 1.82) is 0 Å². The summed E-state index contributed by atoms with van der Waals surface area (Å²) in [5.41, 5.74) is 1.38. The van der Waals surface area contributed by atoms with Crippen molar-refractivity contribution in [2.75, 3.05) is 17.7 Å². The summed E-state index contributed by atoms with van der Waals surface area (Å²) in [6.07, 6.45) is 0. The minimum Gasteiger partial charge on any atom is -0.388 e. The van der Waals surface area contributed by atoms with Crippen LogP contribution < -0.4 is 10.6 Å². The second-order valence-electron chi connectivity index (χ2n) is 4.06. The average Bonchev–Trinajstić information content (AvgIpc) is 2.36. The normalized spacial score (nSPS) is 10.2. The third-order valence-corrected chi connectivity index (χ3v) is 2.79. The van der Waals surface area contributed by atoms with Gasteiger partial charge in [-0.3, -0.25) is 10.1 Å². The van der Waals surface area contributed by atoms with Crippen molar-refractivity contribution in [3.63, 3.8) is 0 Å². The number of halogens is 2. The second-order valence-corrected chi connectivity index (χ2v) is 4.50. The molecule has 0 atom stereocenters. The number of hydrogen-bond acceptors (Lipinski definition) is 4. The minimum atomic E-state index is -0.495. The molecule has 2 rings (SSSR count). The molecule has 0 unspecified atom stereocenters. The van der Waals surface area contributed by atoms with Crippen LogP contribution in [0.15, 0.2) is 36.4 Å². The highest BCUT2D eigenvalue weighted by molar-refractivity contribution is 6.30. The first-order chi connectivity index (χ1) is 9.47. The van der Waals surface area contributed by atoms with E-state index in [0.717, 1.165) is 0 Å². The fourth-order valence-electron chi connectivity index (χ4n) is 1.73. The fourth-order valence-corrected chi connectivity index (χ4v) is 1.95. The molecule has 104 valence electrons. The van der Waals surface area contributed by atoms with Crippen molar-refractivity contribution < 1.29 is 9.31 Å². The third kappa shape index (κ3) is 3.36. The van der Waals surface area contributed by atoms with Crippen molar-refractivity contribution in [2.24, 2.45) is 0 Å². The summed E-state index contributed by atoms with van der Waals surface area (Å²) in [6.45, 7) is 0. The monoisotopic (exact) mass is 295 g/mol. The van der Waals surface area contributed by atoms with E-state index in [9.17, 15) is 14.5 Å². The molecule has 5 nitrogen and oxygen atoms in total. The number of non-ortho nitro benzene ring substituents is 1. The minimum absolute atomic E-state index is 0.0677. The maximum absolute atomic E-state index is 13.2. The number of anilines is 3. The average molecular weight is 296 g/mol. The summed E-state index contributed by atoms with van der Waals surface area (Å²) in [4.78, 5) is 10.4.